The smallest absolute Gasteiger partial charge is 0.265 e. The minimum Gasteiger partial charge on any atom is -0.481 e. The number of para-hydroxylation sites is 2. The van der Waals surface area contributed by atoms with Crippen molar-refractivity contribution in [2.45, 2.75) is 24.3 Å². The number of carbonyl (C=O) groups is 1. The van der Waals surface area contributed by atoms with Gasteiger partial charge in [0.25, 0.3) is 15.9 Å². The summed E-state index contributed by atoms with van der Waals surface area (Å²) in [5, 5.41) is 2.75. The fraction of sp³-hybridized carbons (Fsp3) is 0.174. The first-order chi connectivity index (χ1) is 14.4. The molecular weight excluding hydrogens is 400 g/mol. The summed E-state index contributed by atoms with van der Waals surface area (Å²) in [7, 11) is -3.66. The number of fused-ring (bicyclic) bond motifs is 1. The Morgan fingerprint density at radius 1 is 0.967 bits per heavy atom. The van der Waals surface area contributed by atoms with Crippen molar-refractivity contribution in [2.75, 3.05) is 16.2 Å². The number of anilines is 2. The summed E-state index contributed by atoms with van der Waals surface area (Å²) in [5.41, 5.74) is 2.25. The summed E-state index contributed by atoms with van der Waals surface area (Å²) in [6.07, 6.45) is -0.0000360. The normalized spacial score (nSPS) is 14.1. The highest BCUT2D eigenvalue weighted by molar-refractivity contribution is 7.92. The van der Waals surface area contributed by atoms with Crippen LogP contribution in [-0.2, 0) is 21.2 Å². The number of nitrogens with one attached hydrogen (secondary N) is 1. The van der Waals surface area contributed by atoms with E-state index in [0.717, 1.165) is 11.3 Å². The van der Waals surface area contributed by atoms with E-state index >= 15 is 0 Å². The maximum Gasteiger partial charge on any atom is 0.265 e. The van der Waals surface area contributed by atoms with Gasteiger partial charge in [-0.15, -0.1) is 0 Å². The first kappa shape index (κ1) is 20.0. The van der Waals surface area contributed by atoms with Gasteiger partial charge in [0, 0.05) is 12.2 Å². The summed E-state index contributed by atoms with van der Waals surface area (Å²) < 4.78 is 33.2. The molecule has 0 spiro atoms. The zero-order valence-corrected chi connectivity index (χ0v) is 17.3. The van der Waals surface area contributed by atoms with Crippen LogP contribution in [0.3, 0.4) is 0 Å². The molecule has 1 heterocycles. The Kier molecular flexibility index (Phi) is 5.46. The minimum atomic E-state index is -3.66. The zero-order valence-electron chi connectivity index (χ0n) is 16.5. The Bertz CT molecular complexity index is 1150. The molecule has 1 atom stereocenters. The highest BCUT2D eigenvalue weighted by Crippen LogP contribution is 2.32. The van der Waals surface area contributed by atoms with Crippen LogP contribution in [0.2, 0.25) is 0 Å². The fourth-order valence-electron chi connectivity index (χ4n) is 3.40. The largest absolute Gasteiger partial charge is 0.481 e. The average Bonchev–Trinajstić information content (AvgIpc) is 3.20. The zero-order chi connectivity index (χ0) is 21.1. The Labute approximate surface area is 176 Å². The lowest BCUT2D eigenvalue weighted by Gasteiger charge is -2.20. The van der Waals surface area contributed by atoms with Gasteiger partial charge in [-0.05, 0) is 61.4 Å². The van der Waals surface area contributed by atoms with Crippen molar-refractivity contribution in [1.29, 1.82) is 0 Å². The van der Waals surface area contributed by atoms with Crippen molar-refractivity contribution in [3.8, 4) is 5.75 Å². The van der Waals surface area contributed by atoms with Gasteiger partial charge in [-0.25, -0.2) is 8.42 Å². The fourth-order valence-corrected chi connectivity index (χ4v) is 4.90. The standard InChI is InChI=1S/C23H22N2O4S/c1-17(29-20-8-3-2-4-9-20)23(26)24-19-11-13-21(14-12-19)30(27,28)25-16-15-18-7-5-6-10-22(18)25/h2-14,17H,15-16H2,1H3,(H,24,26). The van der Waals surface area contributed by atoms with Gasteiger partial charge in [0.15, 0.2) is 6.10 Å². The molecule has 0 saturated heterocycles. The summed E-state index contributed by atoms with van der Waals surface area (Å²) in [4.78, 5) is 12.6. The van der Waals surface area contributed by atoms with Crippen LogP contribution in [0.1, 0.15) is 12.5 Å². The minimum absolute atomic E-state index is 0.186. The molecular formula is C23H22N2O4S. The van der Waals surface area contributed by atoms with Crippen LogP contribution < -0.4 is 14.4 Å². The Morgan fingerprint density at radius 3 is 2.37 bits per heavy atom. The first-order valence-electron chi connectivity index (χ1n) is 9.68. The molecule has 0 aliphatic carbocycles. The van der Waals surface area contributed by atoms with Gasteiger partial charge in [0.2, 0.25) is 0 Å². The Morgan fingerprint density at radius 2 is 1.63 bits per heavy atom. The Hall–Kier alpha value is -3.32. The van der Waals surface area contributed by atoms with Crippen LogP contribution in [0.4, 0.5) is 11.4 Å². The number of ether oxygens (including phenoxy) is 1. The van der Waals surface area contributed by atoms with Gasteiger partial charge in [0.1, 0.15) is 5.75 Å². The van der Waals surface area contributed by atoms with Crippen molar-refractivity contribution in [1.82, 2.24) is 0 Å². The van der Waals surface area contributed by atoms with E-state index in [-0.39, 0.29) is 10.8 Å². The maximum atomic E-state index is 13.1. The van der Waals surface area contributed by atoms with E-state index in [2.05, 4.69) is 5.32 Å². The molecule has 1 N–H and O–H groups in total. The van der Waals surface area contributed by atoms with Gasteiger partial charge in [-0.1, -0.05) is 36.4 Å². The first-order valence-corrected chi connectivity index (χ1v) is 11.1. The van der Waals surface area contributed by atoms with E-state index < -0.39 is 16.1 Å². The molecule has 0 fully saturated rings. The highest BCUT2D eigenvalue weighted by Gasteiger charge is 2.30. The average molecular weight is 423 g/mol. The second kappa shape index (κ2) is 8.20. The van der Waals surface area contributed by atoms with Crippen molar-refractivity contribution in [3.05, 3.63) is 84.4 Å². The maximum absolute atomic E-state index is 13.1. The number of hydrogen-bond donors (Lipinski definition) is 1. The summed E-state index contributed by atoms with van der Waals surface area (Å²) in [5.74, 6) is 0.287. The van der Waals surface area contributed by atoms with E-state index in [1.54, 1.807) is 31.2 Å². The number of sulfonamides is 1. The number of amides is 1. The molecule has 6 nitrogen and oxygen atoms in total. The van der Waals surface area contributed by atoms with Crippen LogP contribution in [0.25, 0.3) is 0 Å². The monoisotopic (exact) mass is 422 g/mol. The summed E-state index contributed by atoms with van der Waals surface area (Å²) >= 11 is 0. The number of rotatable bonds is 6. The lowest BCUT2D eigenvalue weighted by Crippen LogP contribution is -2.30. The third kappa shape index (κ3) is 4.02. The van der Waals surface area contributed by atoms with Gasteiger partial charge in [0.05, 0.1) is 10.6 Å². The molecule has 30 heavy (non-hydrogen) atoms. The third-order valence-corrected chi connectivity index (χ3v) is 6.81. The molecule has 4 rings (SSSR count). The predicted molar refractivity (Wildman–Crippen MR) is 116 cm³/mol. The van der Waals surface area contributed by atoms with E-state index in [1.807, 2.05) is 42.5 Å². The van der Waals surface area contributed by atoms with Gasteiger partial charge in [-0.2, -0.15) is 0 Å². The highest BCUT2D eigenvalue weighted by atomic mass is 32.2. The van der Waals surface area contributed by atoms with E-state index in [4.69, 9.17) is 4.74 Å². The van der Waals surface area contributed by atoms with E-state index in [9.17, 15) is 13.2 Å². The second-order valence-electron chi connectivity index (χ2n) is 7.04. The van der Waals surface area contributed by atoms with Gasteiger partial charge >= 0.3 is 0 Å². The number of nitrogens with zero attached hydrogens (tertiary/aromatic N) is 1. The molecule has 0 aromatic heterocycles. The van der Waals surface area contributed by atoms with Crippen LogP contribution in [0.15, 0.2) is 83.8 Å². The molecule has 1 amide bonds. The topological polar surface area (TPSA) is 75.7 Å². The molecule has 1 aliphatic rings. The number of benzene rings is 3. The van der Waals surface area contributed by atoms with E-state index in [0.29, 0.717) is 24.4 Å². The number of hydrogen-bond acceptors (Lipinski definition) is 4. The van der Waals surface area contributed by atoms with Crippen LogP contribution in [-0.4, -0.2) is 27.0 Å². The molecule has 0 saturated carbocycles. The molecule has 154 valence electrons. The molecule has 1 unspecified atom stereocenters. The predicted octanol–water partition coefficient (Wildman–Crippen LogP) is 3.84. The van der Waals surface area contributed by atoms with Crippen molar-refractivity contribution >= 4 is 27.3 Å². The second-order valence-corrected chi connectivity index (χ2v) is 8.90. The molecule has 0 bridgehead atoms. The quantitative estimate of drug-likeness (QED) is 0.655. The van der Waals surface area contributed by atoms with Crippen LogP contribution >= 0.6 is 0 Å². The molecule has 0 radical (unpaired) electrons. The van der Waals surface area contributed by atoms with Crippen LogP contribution in [0, 0.1) is 0 Å². The molecule has 1 aliphatic heterocycles. The lowest BCUT2D eigenvalue weighted by atomic mass is 10.2. The van der Waals surface area contributed by atoms with Gasteiger partial charge in [-0.3, -0.25) is 9.10 Å². The summed E-state index contributed by atoms with van der Waals surface area (Å²) in [6.45, 7) is 2.08. The van der Waals surface area contributed by atoms with Crippen LogP contribution in [0.5, 0.6) is 5.75 Å². The van der Waals surface area contributed by atoms with Crippen molar-refractivity contribution < 1.29 is 17.9 Å². The number of carbonyl (C=O) groups excluding carboxylic acids is 1. The summed E-state index contributed by atoms with van der Waals surface area (Å²) in [6, 6.07) is 22.8. The van der Waals surface area contributed by atoms with Gasteiger partial charge < -0.3 is 10.1 Å². The molecule has 3 aromatic rings. The molecule has 3 aromatic carbocycles. The van der Waals surface area contributed by atoms with Crippen molar-refractivity contribution in [3.63, 3.8) is 0 Å². The Balaban J connectivity index is 1.44. The van der Waals surface area contributed by atoms with E-state index in [1.165, 1.54) is 16.4 Å². The third-order valence-electron chi connectivity index (χ3n) is 4.98. The molecule has 7 heteroatoms. The van der Waals surface area contributed by atoms with Crippen molar-refractivity contribution in [2.24, 2.45) is 0 Å². The SMILES string of the molecule is CC(Oc1ccccc1)C(=O)Nc1ccc(S(=O)(=O)N2CCc3ccccc32)cc1. The lowest BCUT2D eigenvalue weighted by molar-refractivity contribution is -0.122.